The molecule has 0 aliphatic heterocycles. The molecule has 0 radical (unpaired) electrons. The second kappa shape index (κ2) is 5.79. The zero-order chi connectivity index (χ0) is 14.0. The molecule has 100 valence electrons. The van der Waals surface area contributed by atoms with Crippen LogP contribution < -0.4 is 0 Å². The quantitative estimate of drug-likeness (QED) is 0.748. The van der Waals surface area contributed by atoms with Gasteiger partial charge in [0, 0.05) is 27.6 Å². The van der Waals surface area contributed by atoms with Crippen molar-refractivity contribution in [1.29, 1.82) is 5.26 Å². The third kappa shape index (κ3) is 2.55. The van der Waals surface area contributed by atoms with E-state index in [1.54, 1.807) is 0 Å². The molecule has 2 aromatic rings. The van der Waals surface area contributed by atoms with Gasteiger partial charge >= 0.3 is 0 Å². The molecule has 0 fully saturated rings. The van der Waals surface area contributed by atoms with Crippen LogP contribution >= 0.6 is 15.9 Å². The summed E-state index contributed by atoms with van der Waals surface area (Å²) in [5, 5.41) is 10.3. The summed E-state index contributed by atoms with van der Waals surface area (Å²) in [6, 6.07) is 6.92. The van der Waals surface area contributed by atoms with E-state index in [0.29, 0.717) is 6.04 Å². The van der Waals surface area contributed by atoms with Crippen molar-refractivity contribution in [3.05, 3.63) is 33.9 Å². The molecule has 19 heavy (non-hydrogen) atoms. The lowest BCUT2D eigenvalue weighted by molar-refractivity contribution is 0.460. The Morgan fingerprint density at radius 2 is 2.11 bits per heavy atom. The number of hydrogen-bond donors (Lipinski definition) is 0. The smallest absolute Gasteiger partial charge is 0.0994 e. The fraction of sp³-hybridized carbons (Fsp3) is 0.438. The summed E-state index contributed by atoms with van der Waals surface area (Å²) in [7, 11) is 0. The van der Waals surface area contributed by atoms with Crippen LogP contribution in [0, 0.1) is 18.3 Å². The first kappa shape index (κ1) is 14.1. The Labute approximate surface area is 123 Å². The number of fused-ring (bicyclic) bond motifs is 1. The Hall–Kier alpha value is -1.27. The summed E-state index contributed by atoms with van der Waals surface area (Å²) in [6.45, 7) is 6.46. The molecule has 0 aliphatic rings. The molecule has 2 rings (SSSR count). The first-order valence-electron chi connectivity index (χ1n) is 6.83. The fourth-order valence-electron chi connectivity index (χ4n) is 2.65. The molecular formula is C16H19BrN2. The maximum atomic E-state index is 9.14. The third-order valence-corrected chi connectivity index (χ3v) is 4.37. The first-order valence-corrected chi connectivity index (χ1v) is 7.62. The highest BCUT2D eigenvalue weighted by atomic mass is 79.9. The molecule has 0 aliphatic carbocycles. The average molecular weight is 319 g/mol. The van der Waals surface area contributed by atoms with E-state index in [-0.39, 0.29) is 0 Å². The summed E-state index contributed by atoms with van der Waals surface area (Å²) in [5.41, 5.74) is 3.03. The summed E-state index contributed by atoms with van der Waals surface area (Å²) >= 11 is 3.62. The number of aryl methyl sites for hydroxylation is 1. The van der Waals surface area contributed by atoms with Gasteiger partial charge in [0.25, 0.3) is 0 Å². The molecule has 0 N–H and O–H groups in total. The van der Waals surface area contributed by atoms with Gasteiger partial charge in [-0.3, -0.25) is 0 Å². The van der Waals surface area contributed by atoms with Crippen LogP contribution in [0.2, 0.25) is 0 Å². The van der Waals surface area contributed by atoms with E-state index in [1.165, 1.54) is 18.4 Å². The monoisotopic (exact) mass is 318 g/mol. The predicted molar refractivity (Wildman–Crippen MR) is 83.3 cm³/mol. The third-order valence-electron chi connectivity index (χ3n) is 3.74. The number of halogens is 1. The van der Waals surface area contributed by atoms with Gasteiger partial charge in [0.05, 0.1) is 11.6 Å². The van der Waals surface area contributed by atoms with E-state index in [0.717, 1.165) is 27.4 Å². The fourth-order valence-corrected chi connectivity index (χ4v) is 3.19. The number of rotatable bonds is 4. The van der Waals surface area contributed by atoms with Gasteiger partial charge in [0.1, 0.15) is 0 Å². The maximum absolute atomic E-state index is 9.14. The van der Waals surface area contributed by atoms with E-state index >= 15 is 0 Å². The molecule has 0 bridgehead atoms. The van der Waals surface area contributed by atoms with E-state index < -0.39 is 0 Å². The molecule has 0 saturated carbocycles. The maximum Gasteiger partial charge on any atom is 0.0994 e. The zero-order valence-corrected chi connectivity index (χ0v) is 13.3. The van der Waals surface area contributed by atoms with Crippen molar-refractivity contribution in [2.24, 2.45) is 0 Å². The molecule has 1 heterocycles. The van der Waals surface area contributed by atoms with Crippen LogP contribution in [-0.4, -0.2) is 4.57 Å². The number of aromatic nitrogens is 1. The normalized spacial score (nSPS) is 12.6. The van der Waals surface area contributed by atoms with Crippen LogP contribution in [0.25, 0.3) is 10.9 Å². The van der Waals surface area contributed by atoms with Crippen LogP contribution in [-0.2, 0) is 0 Å². The highest BCUT2D eigenvalue weighted by Crippen LogP contribution is 2.33. The number of nitriles is 1. The first-order chi connectivity index (χ1) is 9.12. The van der Waals surface area contributed by atoms with Crippen LogP contribution in [0.15, 0.2) is 22.8 Å². The molecule has 0 saturated heterocycles. The number of benzene rings is 1. The minimum Gasteiger partial charge on any atom is -0.343 e. The molecule has 1 atom stereocenters. The Bertz CT molecular complexity index is 634. The van der Waals surface area contributed by atoms with Gasteiger partial charge in [-0.25, -0.2) is 0 Å². The van der Waals surface area contributed by atoms with E-state index in [4.69, 9.17) is 5.26 Å². The standard InChI is InChI=1S/C16H19BrN2/c1-4-6-13(5-2)19-10-15(17)14-8-12(9-18)11(3)7-16(14)19/h7-8,10,13H,4-6H2,1-3H3. The van der Waals surface area contributed by atoms with Crippen molar-refractivity contribution in [3.63, 3.8) is 0 Å². The minimum absolute atomic E-state index is 0.533. The molecule has 0 amide bonds. The van der Waals surface area contributed by atoms with Gasteiger partial charge in [0.2, 0.25) is 0 Å². The molecule has 1 aromatic carbocycles. The number of nitrogens with zero attached hydrogens (tertiary/aromatic N) is 2. The van der Waals surface area contributed by atoms with E-state index in [9.17, 15) is 0 Å². The van der Waals surface area contributed by atoms with Crippen LogP contribution in [0.4, 0.5) is 0 Å². The van der Waals surface area contributed by atoms with Crippen molar-refractivity contribution >= 4 is 26.8 Å². The van der Waals surface area contributed by atoms with E-state index in [2.05, 4.69) is 52.7 Å². The van der Waals surface area contributed by atoms with Gasteiger partial charge in [-0.1, -0.05) is 20.3 Å². The lowest BCUT2D eigenvalue weighted by Crippen LogP contribution is -2.06. The van der Waals surface area contributed by atoms with Crippen molar-refractivity contribution in [2.45, 2.75) is 46.1 Å². The molecular weight excluding hydrogens is 300 g/mol. The van der Waals surface area contributed by atoms with Gasteiger partial charge in [-0.05, 0) is 53.4 Å². The summed E-state index contributed by atoms with van der Waals surface area (Å²) in [6.07, 6.45) is 5.66. The van der Waals surface area contributed by atoms with Crippen molar-refractivity contribution in [3.8, 4) is 6.07 Å². The van der Waals surface area contributed by atoms with Gasteiger partial charge in [-0.15, -0.1) is 0 Å². The topological polar surface area (TPSA) is 28.7 Å². The van der Waals surface area contributed by atoms with Crippen LogP contribution in [0.3, 0.4) is 0 Å². The summed E-state index contributed by atoms with van der Waals surface area (Å²) in [4.78, 5) is 0. The van der Waals surface area contributed by atoms with Gasteiger partial charge in [0.15, 0.2) is 0 Å². The lowest BCUT2D eigenvalue weighted by Gasteiger charge is -2.18. The highest BCUT2D eigenvalue weighted by molar-refractivity contribution is 9.10. The second-order valence-electron chi connectivity index (χ2n) is 5.03. The Morgan fingerprint density at radius 3 is 2.68 bits per heavy atom. The average Bonchev–Trinajstić information content (AvgIpc) is 2.71. The Morgan fingerprint density at radius 1 is 1.37 bits per heavy atom. The Kier molecular flexibility index (Phi) is 4.31. The number of hydrogen-bond acceptors (Lipinski definition) is 1. The van der Waals surface area contributed by atoms with E-state index in [1.807, 2.05) is 13.0 Å². The minimum atomic E-state index is 0.533. The van der Waals surface area contributed by atoms with Gasteiger partial charge < -0.3 is 4.57 Å². The lowest BCUT2D eigenvalue weighted by atomic mass is 10.1. The Balaban J connectivity index is 2.64. The van der Waals surface area contributed by atoms with Crippen LogP contribution in [0.1, 0.15) is 50.3 Å². The van der Waals surface area contributed by atoms with Crippen molar-refractivity contribution in [2.75, 3.05) is 0 Å². The van der Waals surface area contributed by atoms with Crippen molar-refractivity contribution < 1.29 is 0 Å². The molecule has 1 aromatic heterocycles. The van der Waals surface area contributed by atoms with Crippen molar-refractivity contribution in [1.82, 2.24) is 4.57 Å². The second-order valence-corrected chi connectivity index (χ2v) is 5.89. The molecule has 1 unspecified atom stereocenters. The summed E-state index contributed by atoms with van der Waals surface area (Å²) < 4.78 is 3.44. The largest absolute Gasteiger partial charge is 0.343 e. The van der Waals surface area contributed by atoms with Gasteiger partial charge in [-0.2, -0.15) is 5.26 Å². The zero-order valence-electron chi connectivity index (χ0n) is 11.7. The predicted octanol–water partition coefficient (Wildman–Crippen LogP) is 5.34. The molecule has 0 spiro atoms. The van der Waals surface area contributed by atoms with Crippen LogP contribution in [0.5, 0.6) is 0 Å². The summed E-state index contributed by atoms with van der Waals surface area (Å²) in [5.74, 6) is 0. The highest BCUT2D eigenvalue weighted by Gasteiger charge is 2.15. The SMILES string of the molecule is CCCC(CC)n1cc(Br)c2cc(C#N)c(C)cc21. The molecule has 3 heteroatoms. The molecule has 2 nitrogen and oxygen atoms in total.